The van der Waals surface area contributed by atoms with Gasteiger partial charge in [-0.25, -0.2) is 0 Å². The van der Waals surface area contributed by atoms with Gasteiger partial charge in [-0.15, -0.1) is 0 Å². The molecule has 1 aliphatic heterocycles. The van der Waals surface area contributed by atoms with E-state index in [0.29, 0.717) is 13.2 Å². The number of hydrogen-bond donors (Lipinski definition) is 1. The first-order valence-corrected chi connectivity index (χ1v) is 8.16. The summed E-state index contributed by atoms with van der Waals surface area (Å²) in [5, 5.41) is 10.8. The van der Waals surface area contributed by atoms with Gasteiger partial charge in [-0.3, -0.25) is 0 Å². The van der Waals surface area contributed by atoms with Gasteiger partial charge in [0.1, 0.15) is 0 Å². The Kier molecular flexibility index (Phi) is 3.95. The fourth-order valence-corrected chi connectivity index (χ4v) is 3.78. The van der Waals surface area contributed by atoms with Crippen molar-refractivity contribution in [3.05, 3.63) is 22.2 Å². The van der Waals surface area contributed by atoms with Crippen molar-refractivity contribution in [2.45, 2.75) is 45.1 Å². The summed E-state index contributed by atoms with van der Waals surface area (Å²) in [6.45, 7) is 3.53. The number of rotatable bonds is 2. The summed E-state index contributed by atoms with van der Waals surface area (Å²) in [7, 11) is 0. The second-order valence-electron chi connectivity index (χ2n) is 6.13. The Labute approximate surface area is 128 Å². The first-order chi connectivity index (χ1) is 9.60. The quantitative estimate of drug-likeness (QED) is 0.875. The zero-order chi connectivity index (χ0) is 14.2. The predicted molar refractivity (Wildman–Crippen MR) is 81.3 cm³/mol. The molecule has 1 aliphatic carbocycles. The summed E-state index contributed by atoms with van der Waals surface area (Å²) < 4.78 is 12.3. The van der Waals surface area contributed by atoms with E-state index >= 15 is 0 Å². The van der Waals surface area contributed by atoms with Gasteiger partial charge in [0, 0.05) is 10.9 Å². The van der Waals surface area contributed by atoms with E-state index in [9.17, 15) is 5.11 Å². The van der Waals surface area contributed by atoms with E-state index in [-0.39, 0.29) is 5.41 Å². The number of aliphatic hydroxyl groups excluding tert-OH is 1. The molecule has 1 aromatic carbocycles. The molecule has 3 nitrogen and oxygen atoms in total. The summed E-state index contributed by atoms with van der Waals surface area (Å²) in [4.78, 5) is 0. The number of fused-ring (bicyclic) bond motifs is 1. The lowest BCUT2D eigenvalue weighted by Gasteiger charge is -2.31. The molecule has 1 fully saturated rings. The highest BCUT2D eigenvalue weighted by Crippen LogP contribution is 2.50. The van der Waals surface area contributed by atoms with Gasteiger partial charge in [-0.05, 0) is 36.0 Å². The van der Waals surface area contributed by atoms with Crippen molar-refractivity contribution in [3.8, 4) is 11.5 Å². The topological polar surface area (TPSA) is 38.7 Å². The van der Waals surface area contributed by atoms with Crippen LogP contribution in [-0.2, 0) is 0 Å². The van der Waals surface area contributed by atoms with Crippen LogP contribution in [0.2, 0.25) is 0 Å². The highest BCUT2D eigenvalue weighted by atomic mass is 79.9. The van der Waals surface area contributed by atoms with Crippen molar-refractivity contribution in [1.29, 1.82) is 0 Å². The van der Waals surface area contributed by atoms with Crippen molar-refractivity contribution >= 4 is 15.9 Å². The molecule has 3 rings (SSSR count). The maximum Gasteiger partial charge on any atom is 0.162 e. The van der Waals surface area contributed by atoms with Gasteiger partial charge in [-0.2, -0.15) is 0 Å². The normalized spacial score (nSPS) is 22.4. The molecule has 0 bridgehead atoms. The van der Waals surface area contributed by atoms with Crippen molar-refractivity contribution in [2.24, 2.45) is 5.41 Å². The van der Waals surface area contributed by atoms with Crippen molar-refractivity contribution in [3.63, 3.8) is 0 Å². The summed E-state index contributed by atoms with van der Waals surface area (Å²) in [5.74, 6) is 1.52. The Morgan fingerprint density at radius 2 is 1.70 bits per heavy atom. The molecule has 0 radical (unpaired) electrons. The van der Waals surface area contributed by atoms with Gasteiger partial charge in [0.25, 0.3) is 0 Å². The molecule has 2 aliphatic rings. The molecular formula is C16H21BrO3. The van der Waals surface area contributed by atoms with Crippen LogP contribution in [0, 0.1) is 5.41 Å². The SMILES string of the molecule is CC1(C(O)c2cc3c(cc2Br)OCCCO3)CCCC1. The maximum atomic E-state index is 10.8. The summed E-state index contributed by atoms with van der Waals surface area (Å²) in [5.41, 5.74) is 0.890. The minimum absolute atomic E-state index is 0.0255. The molecule has 1 heterocycles. The first-order valence-electron chi connectivity index (χ1n) is 7.37. The van der Waals surface area contributed by atoms with Crippen LogP contribution in [0.3, 0.4) is 0 Å². The van der Waals surface area contributed by atoms with Crippen molar-refractivity contribution in [2.75, 3.05) is 13.2 Å². The van der Waals surface area contributed by atoms with Crippen LogP contribution in [0.1, 0.15) is 50.7 Å². The molecule has 1 N–H and O–H groups in total. The molecule has 0 spiro atoms. The molecule has 110 valence electrons. The number of aliphatic hydroxyl groups is 1. The van der Waals surface area contributed by atoms with Crippen molar-refractivity contribution < 1.29 is 14.6 Å². The lowest BCUT2D eigenvalue weighted by atomic mass is 9.79. The van der Waals surface area contributed by atoms with Gasteiger partial charge in [0.2, 0.25) is 0 Å². The first kappa shape index (κ1) is 14.2. The second kappa shape index (κ2) is 5.57. The monoisotopic (exact) mass is 340 g/mol. The van der Waals surface area contributed by atoms with E-state index in [1.165, 1.54) is 12.8 Å². The average Bonchev–Trinajstić information content (AvgIpc) is 2.75. The lowest BCUT2D eigenvalue weighted by Crippen LogP contribution is -2.22. The third-order valence-electron chi connectivity index (χ3n) is 4.57. The maximum absolute atomic E-state index is 10.8. The Balaban J connectivity index is 1.95. The number of hydrogen-bond acceptors (Lipinski definition) is 3. The minimum atomic E-state index is -0.462. The molecule has 1 atom stereocenters. The van der Waals surface area contributed by atoms with Crippen LogP contribution in [-0.4, -0.2) is 18.3 Å². The zero-order valence-corrected chi connectivity index (χ0v) is 13.4. The van der Waals surface area contributed by atoms with Gasteiger partial charge < -0.3 is 14.6 Å². The Morgan fingerprint density at radius 1 is 1.10 bits per heavy atom. The standard InChI is InChI=1S/C16H21BrO3/c1-16(5-2-3-6-16)15(18)11-9-13-14(10-12(11)17)20-8-4-7-19-13/h9-10,15,18H,2-8H2,1H3. The minimum Gasteiger partial charge on any atom is -0.490 e. The lowest BCUT2D eigenvalue weighted by molar-refractivity contribution is 0.0400. The molecule has 20 heavy (non-hydrogen) atoms. The average molecular weight is 341 g/mol. The molecular weight excluding hydrogens is 320 g/mol. The summed E-state index contributed by atoms with van der Waals surface area (Å²) >= 11 is 3.58. The second-order valence-corrected chi connectivity index (χ2v) is 6.99. The van der Waals surface area contributed by atoms with E-state index in [1.807, 2.05) is 12.1 Å². The predicted octanol–water partition coefficient (Wildman–Crippen LogP) is 4.22. The third-order valence-corrected chi connectivity index (χ3v) is 5.25. The number of ether oxygens (including phenoxy) is 2. The summed E-state index contributed by atoms with van der Waals surface area (Å²) in [6, 6.07) is 3.87. The molecule has 4 heteroatoms. The van der Waals surface area contributed by atoms with E-state index in [0.717, 1.165) is 40.8 Å². The van der Waals surface area contributed by atoms with Crippen LogP contribution >= 0.6 is 15.9 Å². The highest BCUT2D eigenvalue weighted by Gasteiger charge is 2.38. The Bertz CT molecular complexity index is 495. The highest BCUT2D eigenvalue weighted by molar-refractivity contribution is 9.10. The molecule has 1 aromatic rings. The zero-order valence-electron chi connectivity index (χ0n) is 11.8. The van der Waals surface area contributed by atoms with Crippen LogP contribution < -0.4 is 9.47 Å². The number of halogens is 1. The van der Waals surface area contributed by atoms with E-state index in [4.69, 9.17) is 9.47 Å². The van der Waals surface area contributed by atoms with Crippen LogP contribution in [0.15, 0.2) is 16.6 Å². The van der Waals surface area contributed by atoms with Crippen LogP contribution in [0.5, 0.6) is 11.5 Å². The Morgan fingerprint density at radius 3 is 2.35 bits per heavy atom. The van der Waals surface area contributed by atoms with Gasteiger partial charge in [0.05, 0.1) is 19.3 Å². The fraction of sp³-hybridized carbons (Fsp3) is 0.625. The van der Waals surface area contributed by atoms with E-state index in [2.05, 4.69) is 22.9 Å². The molecule has 1 saturated carbocycles. The fourth-order valence-electron chi connectivity index (χ4n) is 3.24. The number of benzene rings is 1. The van der Waals surface area contributed by atoms with E-state index < -0.39 is 6.10 Å². The Hall–Kier alpha value is -0.740. The molecule has 1 unspecified atom stereocenters. The van der Waals surface area contributed by atoms with Gasteiger partial charge in [0.15, 0.2) is 11.5 Å². The largest absolute Gasteiger partial charge is 0.490 e. The third kappa shape index (κ3) is 2.56. The van der Waals surface area contributed by atoms with Gasteiger partial charge in [-0.1, -0.05) is 35.7 Å². The molecule has 0 amide bonds. The van der Waals surface area contributed by atoms with E-state index in [1.54, 1.807) is 0 Å². The van der Waals surface area contributed by atoms with Crippen LogP contribution in [0.4, 0.5) is 0 Å². The molecule has 0 aromatic heterocycles. The smallest absolute Gasteiger partial charge is 0.162 e. The van der Waals surface area contributed by atoms with Gasteiger partial charge >= 0.3 is 0 Å². The molecule has 0 saturated heterocycles. The summed E-state index contributed by atoms with van der Waals surface area (Å²) in [6.07, 6.45) is 4.99. The van der Waals surface area contributed by atoms with Crippen LogP contribution in [0.25, 0.3) is 0 Å². The van der Waals surface area contributed by atoms with Crippen molar-refractivity contribution in [1.82, 2.24) is 0 Å².